The molecule has 1 amide bonds. The maximum Gasteiger partial charge on any atom is 0.422 e. The van der Waals surface area contributed by atoms with Crippen LogP contribution in [0.5, 0.6) is 5.75 Å². The lowest BCUT2D eigenvalue weighted by atomic mass is 10.1. The Morgan fingerprint density at radius 2 is 2.17 bits per heavy atom. The van der Waals surface area contributed by atoms with Gasteiger partial charge in [0.25, 0.3) is 5.91 Å². The molecule has 138 valence electrons. The lowest BCUT2D eigenvalue weighted by Gasteiger charge is -2.32. The number of alkyl halides is 3. The largest absolute Gasteiger partial charge is 0.482 e. The van der Waals surface area contributed by atoms with E-state index in [0.717, 1.165) is 12.8 Å². The van der Waals surface area contributed by atoms with Crippen LogP contribution in [0, 0.1) is 0 Å². The average molecular weight is 390 g/mol. The van der Waals surface area contributed by atoms with Crippen LogP contribution in [0.3, 0.4) is 0 Å². The zero-order valence-electron chi connectivity index (χ0n) is 13.0. The molecule has 0 spiro atoms. The van der Waals surface area contributed by atoms with Crippen molar-refractivity contribution in [1.29, 1.82) is 0 Å². The molecule has 1 N–H and O–H groups in total. The number of likely N-dealkylation sites (N-methyl/N-ethyl adjacent to an activating group) is 1. The molecule has 10 heteroatoms. The summed E-state index contributed by atoms with van der Waals surface area (Å²) in [4.78, 5) is 18.0. The minimum atomic E-state index is -4.46. The minimum Gasteiger partial charge on any atom is -0.482 e. The van der Waals surface area contributed by atoms with Crippen molar-refractivity contribution < 1.29 is 22.7 Å². The summed E-state index contributed by atoms with van der Waals surface area (Å²) >= 11 is 0. The fraction of sp³-hybridized carbons (Fsp3) is 0.571. The summed E-state index contributed by atoms with van der Waals surface area (Å²) in [6.07, 6.45) is -1.30. The summed E-state index contributed by atoms with van der Waals surface area (Å²) in [6, 6.07) is 2.95. The Morgan fingerprint density at radius 1 is 1.46 bits per heavy atom. The summed E-state index contributed by atoms with van der Waals surface area (Å²) < 4.78 is 41.5. The number of carbonyl (C=O) groups is 1. The van der Waals surface area contributed by atoms with Crippen molar-refractivity contribution in [3.8, 4) is 5.75 Å². The number of halogens is 5. The Morgan fingerprint density at radius 3 is 2.79 bits per heavy atom. The second-order valence-electron chi connectivity index (χ2n) is 5.13. The molecule has 1 aromatic rings. The molecule has 1 aromatic heterocycles. The fourth-order valence-electron chi connectivity index (χ4n) is 2.37. The van der Waals surface area contributed by atoms with Crippen molar-refractivity contribution in [3.63, 3.8) is 0 Å². The first-order chi connectivity index (χ1) is 10.4. The summed E-state index contributed by atoms with van der Waals surface area (Å²) in [5.41, 5.74) is -0.0801. The van der Waals surface area contributed by atoms with Crippen molar-refractivity contribution in [3.05, 3.63) is 24.0 Å². The Hall–Kier alpha value is -1.25. The molecule has 1 aliphatic rings. The topological polar surface area (TPSA) is 54.5 Å². The number of amides is 1. The van der Waals surface area contributed by atoms with Crippen LogP contribution in [-0.4, -0.2) is 54.8 Å². The molecule has 1 aliphatic heterocycles. The lowest BCUT2D eigenvalue weighted by molar-refractivity contribution is -0.153. The van der Waals surface area contributed by atoms with E-state index in [2.05, 4.69) is 10.3 Å². The van der Waals surface area contributed by atoms with Gasteiger partial charge in [-0.05, 0) is 32.0 Å². The Bertz CT molecular complexity index is 532. The van der Waals surface area contributed by atoms with Gasteiger partial charge in [-0.25, -0.2) is 4.98 Å². The molecule has 1 fully saturated rings. The third-order valence-corrected chi connectivity index (χ3v) is 3.48. The van der Waals surface area contributed by atoms with Crippen LogP contribution >= 0.6 is 24.8 Å². The predicted octanol–water partition coefficient (Wildman–Crippen LogP) is 2.69. The first-order valence-electron chi connectivity index (χ1n) is 7.02. The third-order valence-electron chi connectivity index (χ3n) is 3.48. The number of piperidine rings is 1. The molecular weight excluding hydrogens is 370 g/mol. The van der Waals surface area contributed by atoms with Crippen molar-refractivity contribution in [2.45, 2.75) is 25.1 Å². The van der Waals surface area contributed by atoms with Gasteiger partial charge in [-0.2, -0.15) is 13.2 Å². The van der Waals surface area contributed by atoms with Gasteiger partial charge < -0.3 is 15.0 Å². The van der Waals surface area contributed by atoms with Crippen LogP contribution in [0.25, 0.3) is 0 Å². The Balaban J connectivity index is 0.00000264. The second-order valence-corrected chi connectivity index (χ2v) is 5.13. The SMILES string of the molecule is CNC1CCCN(C(=O)c2ncccc2OCC(F)(F)F)C1.Cl.Cl. The highest BCUT2D eigenvalue weighted by atomic mass is 35.5. The van der Waals surface area contributed by atoms with E-state index in [4.69, 9.17) is 4.74 Å². The van der Waals surface area contributed by atoms with Gasteiger partial charge >= 0.3 is 6.18 Å². The average Bonchev–Trinajstić information content (AvgIpc) is 2.52. The second kappa shape index (κ2) is 9.90. The highest BCUT2D eigenvalue weighted by Crippen LogP contribution is 2.23. The van der Waals surface area contributed by atoms with E-state index in [-0.39, 0.29) is 42.3 Å². The lowest BCUT2D eigenvalue weighted by Crippen LogP contribution is -2.47. The number of nitrogens with one attached hydrogen (secondary N) is 1. The van der Waals surface area contributed by atoms with Gasteiger partial charge in [0.05, 0.1) is 0 Å². The summed E-state index contributed by atoms with van der Waals surface area (Å²) in [6.45, 7) is -0.380. The number of pyridine rings is 1. The molecule has 0 bridgehead atoms. The van der Waals surface area contributed by atoms with E-state index in [1.807, 2.05) is 7.05 Å². The molecule has 1 saturated heterocycles. The number of carbonyl (C=O) groups excluding carboxylic acids is 1. The van der Waals surface area contributed by atoms with Gasteiger partial charge in [-0.3, -0.25) is 4.79 Å². The smallest absolute Gasteiger partial charge is 0.422 e. The van der Waals surface area contributed by atoms with E-state index in [0.29, 0.717) is 13.1 Å². The molecule has 2 heterocycles. The molecule has 1 unspecified atom stereocenters. The number of nitrogens with zero attached hydrogens (tertiary/aromatic N) is 2. The van der Waals surface area contributed by atoms with Gasteiger partial charge in [-0.15, -0.1) is 24.8 Å². The zero-order valence-corrected chi connectivity index (χ0v) is 14.6. The van der Waals surface area contributed by atoms with Crippen LogP contribution in [0.4, 0.5) is 13.2 Å². The molecule has 0 aromatic carbocycles. The van der Waals surface area contributed by atoms with Crippen molar-refractivity contribution >= 4 is 30.7 Å². The molecule has 0 radical (unpaired) electrons. The van der Waals surface area contributed by atoms with Crippen molar-refractivity contribution in [1.82, 2.24) is 15.2 Å². The van der Waals surface area contributed by atoms with E-state index < -0.39 is 18.7 Å². The maximum absolute atomic E-state index is 12.5. The number of likely N-dealkylation sites (tertiary alicyclic amines) is 1. The summed E-state index contributed by atoms with van der Waals surface area (Å²) in [5.74, 6) is -0.547. The Labute approximate surface area is 150 Å². The molecule has 0 aliphatic carbocycles. The van der Waals surface area contributed by atoms with Crippen molar-refractivity contribution in [2.24, 2.45) is 0 Å². The van der Waals surface area contributed by atoms with Gasteiger partial charge in [0.2, 0.25) is 0 Å². The van der Waals surface area contributed by atoms with Gasteiger partial charge in [0, 0.05) is 25.3 Å². The minimum absolute atomic E-state index is 0. The number of hydrogen-bond acceptors (Lipinski definition) is 4. The zero-order chi connectivity index (χ0) is 16.2. The van der Waals surface area contributed by atoms with Gasteiger partial charge in [-0.1, -0.05) is 0 Å². The number of hydrogen-bond donors (Lipinski definition) is 1. The predicted molar refractivity (Wildman–Crippen MR) is 88.3 cm³/mol. The molecule has 0 saturated carbocycles. The Kier molecular flexibility index (Phi) is 9.39. The summed E-state index contributed by atoms with van der Waals surface area (Å²) in [5, 5.41) is 3.11. The normalized spacial score (nSPS) is 17.5. The maximum atomic E-state index is 12.5. The number of ether oxygens (including phenoxy) is 1. The highest BCUT2D eigenvalue weighted by Gasteiger charge is 2.31. The third kappa shape index (κ3) is 6.33. The van der Waals surface area contributed by atoms with Crippen molar-refractivity contribution in [2.75, 3.05) is 26.7 Å². The summed E-state index contributed by atoms with van der Waals surface area (Å²) in [7, 11) is 1.82. The van der Waals surface area contributed by atoms with Crippen LogP contribution < -0.4 is 10.1 Å². The molecule has 24 heavy (non-hydrogen) atoms. The standard InChI is InChI=1S/C14H18F3N3O2.2ClH/c1-18-10-4-3-7-20(8-10)13(21)12-11(5-2-6-19-12)22-9-14(15,16)17;;/h2,5-6,10,18H,3-4,7-9H2,1H3;2*1H. The van der Waals surface area contributed by atoms with Gasteiger partial charge in [0.1, 0.15) is 0 Å². The number of aromatic nitrogens is 1. The van der Waals surface area contributed by atoms with E-state index in [1.54, 1.807) is 4.90 Å². The molecule has 5 nitrogen and oxygen atoms in total. The molecule has 2 rings (SSSR count). The van der Waals surface area contributed by atoms with Crippen LogP contribution in [-0.2, 0) is 0 Å². The molecule has 1 atom stereocenters. The van der Waals surface area contributed by atoms with E-state index in [9.17, 15) is 18.0 Å². The van der Waals surface area contributed by atoms with Gasteiger partial charge in [0.15, 0.2) is 18.1 Å². The van der Waals surface area contributed by atoms with Crippen LogP contribution in [0.2, 0.25) is 0 Å². The fourth-order valence-corrected chi connectivity index (χ4v) is 2.37. The van der Waals surface area contributed by atoms with E-state index >= 15 is 0 Å². The van der Waals surface area contributed by atoms with Crippen LogP contribution in [0.1, 0.15) is 23.3 Å². The molecular formula is C14H20Cl2F3N3O2. The monoisotopic (exact) mass is 389 g/mol. The number of rotatable bonds is 4. The highest BCUT2D eigenvalue weighted by molar-refractivity contribution is 5.95. The first kappa shape index (κ1) is 22.8. The van der Waals surface area contributed by atoms with Crippen LogP contribution in [0.15, 0.2) is 18.3 Å². The quantitative estimate of drug-likeness (QED) is 0.859. The first-order valence-corrected chi connectivity index (χ1v) is 7.02. The van der Waals surface area contributed by atoms with E-state index in [1.165, 1.54) is 18.3 Å².